The van der Waals surface area contributed by atoms with Crippen LogP contribution in [0.4, 0.5) is 32.2 Å². The number of fused-ring (bicyclic) bond motifs is 5. The van der Waals surface area contributed by atoms with Gasteiger partial charge in [0.25, 0.3) is 17.9 Å². The molecule has 1 amide bonds. The van der Waals surface area contributed by atoms with Gasteiger partial charge in [-0.25, -0.2) is 54.3 Å². The van der Waals surface area contributed by atoms with E-state index in [1.807, 2.05) is 0 Å². The van der Waals surface area contributed by atoms with Crippen LogP contribution in [0.25, 0.3) is 38.9 Å². The third kappa shape index (κ3) is 7.83. The fraction of sp³-hybridized carbons (Fsp3) is 0.282. The molecule has 2 aromatic carbocycles. The lowest BCUT2D eigenvalue weighted by Crippen LogP contribution is -2.38. The molecular formula is C39H30ClF6N11O6S2. The number of alkyl halides is 4. The van der Waals surface area contributed by atoms with Crippen LogP contribution >= 0.6 is 11.6 Å². The fourth-order valence-corrected chi connectivity index (χ4v) is 9.49. The molecule has 65 heavy (non-hydrogen) atoms. The van der Waals surface area contributed by atoms with Crippen LogP contribution in [0.3, 0.4) is 0 Å². The molecule has 0 aliphatic heterocycles. The number of nitrogens with one attached hydrogen (secondary N) is 2. The fourth-order valence-electron chi connectivity index (χ4n) is 8.26. The number of halogens is 7. The van der Waals surface area contributed by atoms with Gasteiger partial charge in [-0.1, -0.05) is 11.6 Å². The minimum atomic E-state index is -3.96. The van der Waals surface area contributed by atoms with Crippen LogP contribution in [-0.2, 0) is 50.6 Å². The molecule has 7 aromatic rings. The van der Waals surface area contributed by atoms with Crippen molar-refractivity contribution in [2.45, 2.75) is 48.9 Å². The van der Waals surface area contributed by atoms with Gasteiger partial charge in [-0.05, 0) is 54.3 Å². The monoisotopic (exact) mass is 961 g/mol. The van der Waals surface area contributed by atoms with Crippen molar-refractivity contribution in [1.29, 1.82) is 0 Å². The van der Waals surface area contributed by atoms with Gasteiger partial charge in [0.15, 0.2) is 11.5 Å². The van der Waals surface area contributed by atoms with E-state index in [1.165, 1.54) is 36.0 Å². The molecule has 26 heteroatoms. The number of benzene rings is 2. The van der Waals surface area contributed by atoms with Crippen molar-refractivity contribution >= 4 is 65.1 Å². The first-order valence-electron chi connectivity index (χ1n) is 19.1. The van der Waals surface area contributed by atoms with Gasteiger partial charge in [-0.2, -0.15) is 19.0 Å². The lowest BCUT2D eigenvalue weighted by Gasteiger charge is -2.24. The summed E-state index contributed by atoms with van der Waals surface area (Å²) in [5, 5.41) is 9.91. The van der Waals surface area contributed by atoms with E-state index in [2.05, 4.69) is 35.2 Å². The number of nitrogens with zero attached hydrogens (tertiary/aromatic N) is 9. The first kappa shape index (κ1) is 43.8. The second-order valence-corrected chi connectivity index (χ2v) is 19.7. The summed E-state index contributed by atoms with van der Waals surface area (Å²) >= 11 is 6.61. The van der Waals surface area contributed by atoms with Gasteiger partial charge in [0.05, 0.1) is 45.0 Å². The highest BCUT2D eigenvalue weighted by Crippen LogP contribution is 2.68. The maximum atomic E-state index is 15.5. The maximum Gasteiger partial charge on any atom is 0.293 e. The van der Waals surface area contributed by atoms with E-state index in [0.717, 1.165) is 41.6 Å². The number of aryl methyl sites for hydroxylation is 1. The Hall–Kier alpha value is -6.47. The van der Waals surface area contributed by atoms with Gasteiger partial charge >= 0.3 is 0 Å². The number of hydrogen-bond donors (Lipinski definition) is 2. The van der Waals surface area contributed by atoms with Crippen molar-refractivity contribution in [3.63, 3.8) is 0 Å². The zero-order valence-corrected chi connectivity index (χ0v) is 36.0. The molecule has 5 aromatic heterocycles. The Labute approximate surface area is 367 Å². The summed E-state index contributed by atoms with van der Waals surface area (Å²) in [5.41, 5.74) is -3.11. The molecule has 5 heterocycles. The number of carbonyl (C=O) groups excluding carboxylic acids is 1. The first-order chi connectivity index (χ1) is 30.5. The Balaban J connectivity index is 1.26. The summed E-state index contributed by atoms with van der Waals surface area (Å²) in [6.45, 7) is -1.05. The predicted octanol–water partition coefficient (Wildman–Crippen LogP) is 5.27. The van der Waals surface area contributed by atoms with Crippen molar-refractivity contribution in [2.75, 3.05) is 17.2 Å². The summed E-state index contributed by atoms with van der Waals surface area (Å²) in [5.74, 6) is -9.53. The standard InChI is InChI=1S/C39H30ClF6N11O6S2/c1-55-31-26(7-5-23(40)29(31)35(53-55)54-65(3,62)63)57-36(51-34-20(37(57)59)4-6-24(50-34)17-13-47-38(48-14-17)64(2,60)61)25(10-16-8-18(41)11-19(42)9-16)49-27(58)15-56-32-28(30(52-56)33(43)44)21-12-22(21)39(32,45)46/h4-9,11,13-14,21-22,25,33H,10,12,15H2,1-3H3,(H,49,58)(H,53,54)/t21-,22-,25+/m1/s1. The Morgan fingerprint density at radius 3 is 2.32 bits per heavy atom. The van der Waals surface area contributed by atoms with Gasteiger partial charge in [0.2, 0.25) is 30.9 Å². The third-order valence-corrected chi connectivity index (χ3v) is 12.7. The highest BCUT2D eigenvalue weighted by Gasteiger charge is 2.67. The number of sulfone groups is 1. The second-order valence-electron chi connectivity index (χ2n) is 15.6. The minimum absolute atomic E-state index is 0.00943. The van der Waals surface area contributed by atoms with Crippen LogP contribution < -0.4 is 15.6 Å². The van der Waals surface area contributed by atoms with Crippen LogP contribution in [-0.4, -0.2) is 79.3 Å². The normalized spacial score (nSPS) is 17.1. The van der Waals surface area contributed by atoms with E-state index >= 15 is 8.78 Å². The molecule has 0 saturated heterocycles. The first-order valence-corrected chi connectivity index (χ1v) is 23.3. The molecule has 0 spiro atoms. The molecular weight excluding hydrogens is 932 g/mol. The van der Waals surface area contributed by atoms with Gasteiger partial charge in [-0.15, -0.1) is 0 Å². The van der Waals surface area contributed by atoms with Crippen LogP contribution in [0.15, 0.2) is 64.8 Å². The lowest BCUT2D eigenvalue weighted by molar-refractivity contribution is -0.123. The number of hydrogen-bond acceptors (Lipinski definition) is 12. The zero-order chi connectivity index (χ0) is 46.7. The van der Waals surface area contributed by atoms with Crippen molar-refractivity contribution in [2.24, 2.45) is 13.0 Å². The van der Waals surface area contributed by atoms with Crippen molar-refractivity contribution < 1.29 is 48.0 Å². The predicted molar refractivity (Wildman–Crippen MR) is 220 cm³/mol. The number of rotatable bonds is 12. The summed E-state index contributed by atoms with van der Waals surface area (Å²) in [6, 6.07) is 6.17. The molecule has 338 valence electrons. The number of carbonyl (C=O) groups is 1. The molecule has 2 N–H and O–H groups in total. The third-order valence-electron chi connectivity index (χ3n) is 10.9. The number of anilines is 1. The number of aromatic nitrogens is 9. The van der Waals surface area contributed by atoms with Crippen LogP contribution in [0.1, 0.15) is 53.1 Å². The number of sulfonamides is 1. The Bertz CT molecular complexity index is 3440. The average molecular weight is 962 g/mol. The quantitative estimate of drug-likeness (QED) is 0.118. The Kier molecular flexibility index (Phi) is 10.3. The van der Waals surface area contributed by atoms with Crippen LogP contribution in [0.2, 0.25) is 5.02 Å². The maximum absolute atomic E-state index is 15.5. The largest absolute Gasteiger partial charge is 0.344 e. The van der Waals surface area contributed by atoms with Gasteiger partial charge in [-0.3, -0.25) is 28.2 Å². The molecule has 0 bridgehead atoms. The molecule has 2 aliphatic carbocycles. The van der Waals surface area contributed by atoms with Crippen LogP contribution in [0, 0.1) is 17.6 Å². The number of amides is 1. The smallest absolute Gasteiger partial charge is 0.293 e. The van der Waals surface area contributed by atoms with Gasteiger partial charge in [0, 0.05) is 55.2 Å². The molecule has 0 radical (unpaired) electrons. The Morgan fingerprint density at radius 1 is 0.985 bits per heavy atom. The summed E-state index contributed by atoms with van der Waals surface area (Å²) in [7, 11) is -6.35. The van der Waals surface area contributed by atoms with E-state index in [4.69, 9.17) is 16.6 Å². The second kappa shape index (κ2) is 15.3. The van der Waals surface area contributed by atoms with Gasteiger partial charge < -0.3 is 5.32 Å². The molecule has 0 unspecified atom stereocenters. The lowest BCUT2D eigenvalue weighted by atomic mass is 10.0. The van der Waals surface area contributed by atoms with E-state index in [-0.39, 0.29) is 67.3 Å². The van der Waals surface area contributed by atoms with E-state index in [1.54, 1.807) is 0 Å². The van der Waals surface area contributed by atoms with E-state index in [9.17, 15) is 44.0 Å². The average Bonchev–Trinajstić information content (AvgIpc) is 3.75. The molecule has 17 nitrogen and oxygen atoms in total. The van der Waals surface area contributed by atoms with Crippen molar-refractivity contribution in [3.8, 4) is 16.9 Å². The number of pyridine rings is 1. The molecule has 2 aliphatic rings. The Morgan fingerprint density at radius 2 is 1.68 bits per heavy atom. The van der Waals surface area contributed by atoms with E-state index < -0.39 is 109 Å². The molecule has 9 rings (SSSR count). The highest BCUT2D eigenvalue weighted by atomic mass is 35.5. The van der Waals surface area contributed by atoms with Crippen LogP contribution in [0.5, 0.6) is 0 Å². The molecule has 1 saturated carbocycles. The summed E-state index contributed by atoms with van der Waals surface area (Å²) in [4.78, 5) is 46.1. The van der Waals surface area contributed by atoms with E-state index in [0.29, 0.717) is 10.7 Å². The topological polar surface area (TPSA) is 219 Å². The van der Waals surface area contributed by atoms with Crippen molar-refractivity contribution in [3.05, 3.63) is 110 Å². The van der Waals surface area contributed by atoms with Gasteiger partial charge in [0.1, 0.15) is 35.4 Å². The zero-order valence-electron chi connectivity index (χ0n) is 33.6. The molecule has 1 fully saturated rings. The molecule has 3 atom stereocenters. The summed E-state index contributed by atoms with van der Waals surface area (Å²) < 4.78 is 143. The SMILES string of the molecule is Cn1nc(NS(C)(=O)=O)c2c(Cl)ccc(-n3c([C@H](Cc4cc(F)cc(F)c4)NC(=O)Cn4nc(C(F)F)c5c4C(F)(F)[C@@H]4C[C@@H]54)nc4nc(-c5cnc(S(C)(=O)=O)nc5)ccc4c3=O)c21. The summed E-state index contributed by atoms with van der Waals surface area (Å²) in [6.07, 6.45) is 0.262. The van der Waals surface area contributed by atoms with Crippen molar-refractivity contribution in [1.82, 2.24) is 49.4 Å². The highest BCUT2D eigenvalue weighted by molar-refractivity contribution is 7.92. The minimum Gasteiger partial charge on any atom is -0.344 e.